The minimum absolute atomic E-state index is 0.203. The first-order valence-electron chi connectivity index (χ1n) is 8.54. The summed E-state index contributed by atoms with van der Waals surface area (Å²) in [5.74, 6) is 0.774. The van der Waals surface area contributed by atoms with Gasteiger partial charge >= 0.3 is 5.82 Å². The molecule has 0 bridgehead atoms. The first kappa shape index (κ1) is 18.9. The molecule has 2 aromatic carbocycles. The maximum atomic E-state index is 11.3. The molecule has 1 aromatic heterocycles. The Bertz CT molecular complexity index is 1060. The monoisotopic (exact) mass is 374 g/mol. The lowest BCUT2D eigenvalue weighted by Crippen LogP contribution is -2.01. The van der Waals surface area contributed by atoms with E-state index in [0.29, 0.717) is 22.7 Å². The molecule has 0 aliphatic carbocycles. The van der Waals surface area contributed by atoms with Crippen molar-refractivity contribution in [1.82, 2.24) is 4.98 Å². The third-order valence-electron chi connectivity index (χ3n) is 4.13. The molecule has 0 spiro atoms. The fourth-order valence-electron chi connectivity index (χ4n) is 2.96. The van der Waals surface area contributed by atoms with Crippen LogP contribution in [0.3, 0.4) is 0 Å². The average Bonchev–Trinajstić information content (AvgIpc) is 2.65. The van der Waals surface area contributed by atoms with Gasteiger partial charge in [0.1, 0.15) is 11.4 Å². The van der Waals surface area contributed by atoms with Crippen LogP contribution in [0.25, 0.3) is 0 Å². The highest BCUT2D eigenvalue weighted by molar-refractivity contribution is 5.69. The van der Waals surface area contributed by atoms with Gasteiger partial charge in [-0.15, -0.1) is 0 Å². The van der Waals surface area contributed by atoms with Crippen LogP contribution in [-0.2, 0) is 0 Å². The molecule has 0 saturated carbocycles. The summed E-state index contributed by atoms with van der Waals surface area (Å²) in [4.78, 5) is 14.7. The topological polar surface area (TPSA) is 101 Å². The number of anilines is 2. The van der Waals surface area contributed by atoms with E-state index in [2.05, 4.69) is 10.3 Å². The van der Waals surface area contributed by atoms with Crippen LogP contribution < -0.4 is 10.1 Å². The Morgan fingerprint density at radius 1 is 1.11 bits per heavy atom. The van der Waals surface area contributed by atoms with Gasteiger partial charge in [0.05, 0.1) is 11.6 Å². The molecule has 0 aliphatic rings. The Hall–Kier alpha value is -3.92. The Morgan fingerprint density at radius 2 is 1.75 bits per heavy atom. The van der Waals surface area contributed by atoms with Gasteiger partial charge in [0, 0.05) is 11.8 Å². The summed E-state index contributed by atoms with van der Waals surface area (Å²) in [6.07, 6.45) is 1.33. The minimum Gasteiger partial charge on any atom is -0.453 e. The Kier molecular flexibility index (Phi) is 5.23. The summed E-state index contributed by atoms with van der Waals surface area (Å²) < 4.78 is 5.98. The normalized spacial score (nSPS) is 10.2. The van der Waals surface area contributed by atoms with E-state index in [1.165, 1.54) is 6.20 Å². The molecular weight excluding hydrogens is 356 g/mol. The number of rotatable bonds is 5. The van der Waals surface area contributed by atoms with Crippen molar-refractivity contribution in [2.45, 2.75) is 20.8 Å². The first-order chi connectivity index (χ1) is 13.4. The highest BCUT2D eigenvalue weighted by atomic mass is 16.6. The van der Waals surface area contributed by atoms with Crippen molar-refractivity contribution < 1.29 is 9.66 Å². The lowest BCUT2D eigenvalue weighted by atomic mass is 10.1. The summed E-state index contributed by atoms with van der Waals surface area (Å²) in [5.41, 5.74) is 4.38. The molecule has 1 N–H and O–H groups in total. The highest BCUT2D eigenvalue weighted by Gasteiger charge is 2.18. The molecule has 1 heterocycles. The third-order valence-corrected chi connectivity index (χ3v) is 4.13. The number of hydrogen-bond donors (Lipinski definition) is 1. The molecule has 7 heteroatoms. The van der Waals surface area contributed by atoms with E-state index >= 15 is 0 Å². The second-order valence-corrected chi connectivity index (χ2v) is 6.44. The predicted molar refractivity (Wildman–Crippen MR) is 106 cm³/mol. The molecule has 0 radical (unpaired) electrons. The van der Waals surface area contributed by atoms with Crippen molar-refractivity contribution in [3.8, 4) is 17.6 Å². The van der Waals surface area contributed by atoms with E-state index in [1.807, 2.05) is 39.0 Å². The number of aromatic nitrogens is 1. The van der Waals surface area contributed by atoms with Crippen LogP contribution in [0.2, 0.25) is 0 Å². The first-order valence-corrected chi connectivity index (χ1v) is 8.54. The van der Waals surface area contributed by atoms with Crippen LogP contribution in [0.5, 0.6) is 11.5 Å². The Morgan fingerprint density at radius 3 is 2.32 bits per heavy atom. The van der Waals surface area contributed by atoms with Crippen molar-refractivity contribution >= 4 is 17.2 Å². The molecule has 0 saturated heterocycles. The van der Waals surface area contributed by atoms with Gasteiger partial charge in [-0.05, 0) is 66.1 Å². The summed E-state index contributed by atoms with van der Waals surface area (Å²) >= 11 is 0. The van der Waals surface area contributed by atoms with Crippen LogP contribution in [0, 0.1) is 42.2 Å². The molecule has 0 aliphatic heterocycles. The number of nitrogens with one attached hydrogen (secondary N) is 1. The Labute approximate surface area is 162 Å². The maximum Gasteiger partial charge on any atom is 0.387 e. The second-order valence-electron chi connectivity index (χ2n) is 6.44. The van der Waals surface area contributed by atoms with Crippen LogP contribution >= 0.6 is 0 Å². The largest absolute Gasteiger partial charge is 0.453 e. The standard InChI is InChI=1S/C21H18N4O3/c1-13-8-14(2)20(15(3)9-13)28-18-10-19(21(23-12-18)25(26)27)24-17-6-4-16(11-22)5-7-17/h4-10,12,24H,1-3H3. The van der Waals surface area contributed by atoms with Crippen LogP contribution in [0.1, 0.15) is 22.3 Å². The van der Waals surface area contributed by atoms with E-state index in [1.54, 1.807) is 30.3 Å². The molecule has 0 unspecified atom stereocenters. The molecule has 28 heavy (non-hydrogen) atoms. The molecule has 140 valence electrons. The SMILES string of the molecule is Cc1cc(C)c(Oc2cnc([N+](=O)[O-])c(Nc3ccc(C#N)cc3)c2)c(C)c1. The molecule has 3 aromatic rings. The van der Waals surface area contributed by atoms with Crippen LogP contribution in [-0.4, -0.2) is 9.91 Å². The second kappa shape index (κ2) is 7.76. The van der Waals surface area contributed by atoms with E-state index in [0.717, 1.165) is 16.7 Å². The summed E-state index contributed by atoms with van der Waals surface area (Å²) in [6, 6.07) is 14.2. The lowest BCUT2D eigenvalue weighted by Gasteiger charge is -2.13. The quantitative estimate of drug-likeness (QED) is 0.479. The Balaban J connectivity index is 1.95. The fourth-order valence-corrected chi connectivity index (χ4v) is 2.96. The molecule has 7 nitrogen and oxygen atoms in total. The molecule has 0 atom stereocenters. The minimum atomic E-state index is -0.557. The van der Waals surface area contributed by atoms with Crippen LogP contribution in [0.4, 0.5) is 17.2 Å². The summed E-state index contributed by atoms with van der Waals surface area (Å²) in [5, 5.41) is 23.2. The van der Waals surface area contributed by atoms with Crippen molar-refractivity contribution in [1.29, 1.82) is 5.26 Å². The maximum absolute atomic E-state index is 11.3. The van der Waals surface area contributed by atoms with Crippen molar-refractivity contribution in [2.75, 3.05) is 5.32 Å². The zero-order chi connectivity index (χ0) is 20.3. The van der Waals surface area contributed by atoms with Gasteiger partial charge in [0.15, 0.2) is 11.9 Å². The van der Waals surface area contributed by atoms with Gasteiger partial charge in [0.25, 0.3) is 0 Å². The molecule has 0 fully saturated rings. The molecule has 3 rings (SSSR count). The molecular formula is C21H18N4O3. The van der Waals surface area contributed by atoms with Gasteiger partial charge < -0.3 is 20.2 Å². The predicted octanol–water partition coefficient (Wildman–Crippen LogP) is 5.32. The summed E-state index contributed by atoms with van der Waals surface area (Å²) in [7, 11) is 0. The van der Waals surface area contributed by atoms with E-state index in [9.17, 15) is 10.1 Å². The number of nitrogens with zero attached hydrogens (tertiary/aromatic N) is 3. The average molecular weight is 374 g/mol. The number of hydrogen-bond acceptors (Lipinski definition) is 6. The van der Waals surface area contributed by atoms with Gasteiger partial charge in [-0.25, -0.2) is 0 Å². The fraction of sp³-hybridized carbons (Fsp3) is 0.143. The highest BCUT2D eigenvalue weighted by Crippen LogP contribution is 2.34. The number of aryl methyl sites for hydroxylation is 3. The van der Waals surface area contributed by atoms with Crippen molar-refractivity contribution in [3.05, 3.63) is 81.0 Å². The van der Waals surface area contributed by atoms with Crippen LogP contribution in [0.15, 0.2) is 48.7 Å². The molecule has 0 amide bonds. The van der Waals surface area contributed by atoms with E-state index in [4.69, 9.17) is 10.00 Å². The van der Waals surface area contributed by atoms with E-state index in [-0.39, 0.29) is 11.5 Å². The van der Waals surface area contributed by atoms with Crippen molar-refractivity contribution in [3.63, 3.8) is 0 Å². The zero-order valence-electron chi connectivity index (χ0n) is 15.7. The summed E-state index contributed by atoms with van der Waals surface area (Å²) in [6.45, 7) is 5.91. The van der Waals surface area contributed by atoms with E-state index < -0.39 is 4.92 Å². The van der Waals surface area contributed by atoms with Gasteiger partial charge in [0.2, 0.25) is 0 Å². The number of benzene rings is 2. The third kappa shape index (κ3) is 4.07. The van der Waals surface area contributed by atoms with Gasteiger partial charge in [-0.2, -0.15) is 5.26 Å². The van der Waals surface area contributed by atoms with Crippen molar-refractivity contribution in [2.24, 2.45) is 0 Å². The smallest absolute Gasteiger partial charge is 0.387 e. The zero-order valence-corrected chi connectivity index (χ0v) is 15.7. The van der Waals surface area contributed by atoms with Gasteiger partial charge in [-0.1, -0.05) is 17.7 Å². The number of nitriles is 1. The lowest BCUT2D eigenvalue weighted by molar-refractivity contribution is -0.388. The van der Waals surface area contributed by atoms with Gasteiger partial charge in [-0.3, -0.25) is 0 Å². The number of pyridine rings is 1. The number of nitro groups is 1. The number of ether oxygens (including phenoxy) is 1.